The summed E-state index contributed by atoms with van der Waals surface area (Å²) >= 11 is 5.86. The largest absolute Gasteiger partial charge is 0.496 e. The van der Waals surface area contributed by atoms with Crippen molar-refractivity contribution in [1.29, 1.82) is 0 Å². The molecule has 0 fully saturated rings. The summed E-state index contributed by atoms with van der Waals surface area (Å²) < 4.78 is 5.23. The van der Waals surface area contributed by atoms with E-state index in [1.165, 1.54) is 0 Å². The fraction of sp³-hybridized carbons (Fsp3) is 0.333. The van der Waals surface area contributed by atoms with Crippen LogP contribution in [0.25, 0.3) is 0 Å². The summed E-state index contributed by atoms with van der Waals surface area (Å²) in [6.45, 7) is 3.94. The van der Waals surface area contributed by atoms with Crippen LogP contribution in [-0.4, -0.2) is 7.11 Å². The second kappa shape index (κ2) is 3.94. The summed E-state index contributed by atoms with van der Waals surface area (Å²) in [5, 5.41) is 0.651. The van der Waals surface area contributed by atoms with Gasteiger partial charge in [0.15, 0.2) is 0 Å². The Morgan fingerprint density at radius 2 is 2.07 bits per heavy atom. The minimum atomic E-state index is -0.337. The second-order valence-electron chi connectivity index (χ2n) is 3.61. The predicted octanol–water partition coefficient (Wildman–Crippen LogP) is 3.26. The van der Waals surface area contributed by atoms with Crippen LogP contribution in [0.5, 0.6) is 5.75 Å². The SMILES string of the molecule is C#CC(C)(C)c1ccc(Cl)cc1OC. The molecule has 0 aliphatic carbocycles. The lowest BCUT2D eigenvalue weighted by atomic mass is 9.85. The highest BCUT2D eigenvalue weighted by Gasteiger charge is 2.21. The van der Waals surface area contributed by atoms with Crippen LogP contribution in [0.3, 0.4) is 0 Å². The minimum Gasteiger partial charge on any atom is -0.496 e. The van der Waals surface area contributed by atoms with Gasteiger partial charge in [0.1, 0.15) is 5.75 Å². The molecule has 0 saturated heterocycles. The molecule has 0 saturated carbocycles. The summed E-state index contributed by atoms with van der Waals surface area (Å²) in [5.74, 6) is 3.47. The molecule has 0 radical (unpaired) electrons. The molecule has 1 aromatic rings. The lowest BCUT2D eigenvalue weighted by Gasteiger charge is -2.21. The molecule has 0 atom stereocenters. The first-order valence-electron chi connectivity index (χ1n) is 4.33. The van der Waals surface area contributed by atoms with Crippen molar-refractivity contribution in [2.75, 3.05) is 7.11 Å². The zero-order valence-corrected chi connectivity index (χ0v) is 9.35. The van der Waals surface area contributed by atoms with E-state index in [9.17, 15) is 0 Å². The van der Waals surface area contributed by atoms with Crippen molar-refractivity contribution in [3.63, 3.8) is 0 Å². The summed E-state index contributed by atoms with van der Waals surface area (Å²) in [4.78, 5) is 0. The number of benzene rings is 1. The molecular weight excluding hydrogens is 196 g/mol. The third kappa shape index (κ3) is 2.02. The summed E-state index contributed by atoms with van der Waals surface area (Å²) in [6.07, 6.45) is 5.46. The highest BCUT2D eigenvalue weighted by atomic mass is 35.5. The van der Waals surface area contributed by atoms with E-state index in [-0.39, 0.29) is 5.41 Å². The van der Waals surface area contributed by atoms with Gasteiger partial charge in [-0.1, -0.05) is 23.6 Å². The normalized spacial score (nSPS) is 10.8. The van der Waals surface area contributed by atoms with Gasteiger partial charge >= 0.3 is 0 Å². The van der Waals surface area contributed by atoms with E-state index < -0.39 is 0 Å². The molecule has 2 heteroatoms. The fourth-order valence-electron chi connectivity index (χ4n) is 1.26. The van der Waals surface area contributed by atoms with Gasteiger partial charge in [-0.2, -0.15) is 0 Å². The molecule has 1 aromatic carbocycles. The monoisotopic (exact) mass is 208 g/mol. The first-order chi connectivity index (χ1) is 6.51. The van der Waals surface area contributed by atoms with E-state index in [2.05, 4.69) is 5.92 Å². The van der Waals surface area contributed by atoms with Gasteiger partial charge in [-0.05, 0) is 26.0 Å². The van der Waals surface area contributed by atoms with Gasteiger partial charge in [0.2, 0.25) is 0 Å². The number of halogens is 1. The topological polar surface area (TPSA) is 9.23 Å². The molecule has 1 rings (SSSR count). The third-order valence-corrected chi connectivity index (χ3v) is 2.43. The van der Waals surface area contributed by atoms with Crippen molar-refractivity contribution >= 4 is 11.6 Å². The van der Waals surface area contributed by atoms with E-state index in [4.69, 9.17) is 22.8 Å². The highest BCUT2D eigenvalue weighted by Crippen LogP contribution is 2.32. The van der Waals surface area contributed by atoms with Crippen LogP contribution in [0.1, 0.15) is 19.4 Å². The van der Waals surface area contributed by atoms with Gasteiger partial charge < -0.3 is 4.74 Å². The zero-order valence-electron chi connectivity index (χ0n) is 8.60. The van der Waals surface area contributed by atoms with Crippen LogP contribution in [0, 0.1) is 12.3 Å². The Labute approximate surface area is 90.0 Å². The molecule has 0 amide bonds. The van der Waals surface area contributed by atoms with Crippen molar-refractivity contribution in [3.8, 4) is 18.1 Å². The number of hydrogen-bond acceptors (Lipinski definition) is 1. The third-order valence-electron chi connectivity index (χ3n) is 2.20. The summed E-state index contributed by atoms with van der Waals surface area (Å²) in [6, 6.07) is 5.50. The van der Waals surface area contributed by atoms with E-state index in [1.54, 1.807) is 13.2 Å². The van der Waals surface area contributed by atoms with Crippen molar-refractivity contribution < 1.29 is 4.74 Å². The highest BCUT2D eigenvalue weighted by molar-refractivity contribution is 6.30. The predicted molar refractivity (Wildman–Crippen MR) is 59.9 cm³/mol. The smallest absolute Gasteiger partial charge is 0.125 e. The molecule has 0 spiro atoms. The molecule has 0 unspecified atom stereocenters. The second-order valence-corrected chi connectivity index (χ2v) is 4.05. The van der Waals surface area contributed by atoms with Crippen LogP contribution < -0.4 is 4.74 Å². The Hall–Kier alpha value is -1.13. The van der Waals surface area contributed by atoms with Gasteiger partial charge in [0.25, 0.3) is 0 Å². The lowest BCUT2D eigenvalue weighted by molar-refractivity contribution is 0.403. The summed E-state index contributed by atoms with van der Waals surface area (Å²) in [7, 11) is 1.61. The van der Waals surface area contributed by atoms with Crippen molar-refractivity contribution in [1.82, 2.24) is 0 Å². The molecule has 0 aromatic heterocycles. The molecule has 0 aliphatic heterocycles. The molecule has 74 valence electrons. The maximum absolute atomic E-state index is 5.86. The van der Waals surface area contributed by atoms with Crippen LogP contribution in [-0.2, 0) is 5.41 Å². The molecule has 0 N–H and O–H groups in total. The quantitative estimate of drug-likeness (QED) is 0.678. The lowest BCUT2D eigenvalue weighted by Crippen LogP contribution is -2.15. The average Bonchev–Trinajstić information content (AvgIpc) is 2.17. The Bertz CT molecular complexity index is 374. The molecule has 0 heterocycles. The van der Waals surface area contributed by atoms with Gasteiger partial charge in [-0.3, -0.25) is 0 Å². The first kappa shape index (κ1) is 10.9. The number of ether oxygens (including phenoxy) is 1. The van der Waals surface area contributed by atoms with Crippen molar-refractivity contribution in [3.05, 3.63) is 28.8 Å². The number of methoxy groups -OCH3 is 1. The average molecular weight is 209 g/mol. The van der Waals surface area contributed by atoms with E-state index in [0.717, 1.165) is 11.3 Å². The number of rotatable bonds is 2. The molecule has 0 aliphatic rings. The Kier molecular flexibility index (Phi) is 3.08. The fourth-order valence-corrected chi connectivity index (χ4v) is 1.42. The van der Waals surface area contributed by atoms with Gasteiger partial charge in [0, 0.05) is 10.6 Å². The summed E-state index contributed by atoms with van der Waals surface area (Å²) in [5.41, 5.74) is 0.641. The zero-order chi connectivity index (χ0) is 10.8. The standard InChI is InChI=1S/C12H13ClO/c1-5-12(2,3)10-7-6-9(13)8-11(10)14-4/h1,6-8H,2-4H3. The van der Waals surface area contributed by atoms with Crippen LogP contribution in [0.4, 0.5) is 0 Å². The van der Waals surface area contributed by atoms with E-state index >= 15 is 0 Å². The van der Waals surface area contributed by atoms with Crippen LogP contribution >= 0.6 is 11.6 Å². The first-order valence-corrected chi connectivity index (χ1v) is 4.71. The van der Waals surface area contributed by atoms with Crippen LogP contribution in [0.15, 0.2) is 18.2 Å². The molecule has 14 heavy (non-hydrogen) atoms. The number of terminal acetylenes is 1. The minimum absolute atomic E-state index is 0.337. The molecular formula is C12H13ClO. The van der Waals surface area contributed by atoms with Gasteiger partial charge in [-0.25, -0.2) is 0 Å². The Morgan fingerprint density at radius 3 is 2.57 bits per heavy atom. The van der Waals surface area contributed by atoms with Crippen LogP contribution in [0.2, 0.25) is 5.02 Å². The maximum atomic E-state index is 5.86. The van der Waals surface area contributed by atoms with Crippen molar-refractivity contribution in [2.24, 2.45) is 0 Å². The molecule has 0 bridgehead atoms. The van der Waals surface area contributed by atoms with E-state index in [0.29, 0.717) is 5.02 Å². The maximum Gasteiger partial charge on any atom is 0.125 e. The number of hydrogen-bond donors (Lipinski definition) is 0. The van der Waals surface area contributed by atoms with Gasteiger partial charge in [-0.15, -0.1) is 6.42 Å². The van der Waals surface area contributed by atoms with Gasteiger partial charge in [0.05, 0.1) is 12.5 Å². The Morgan fingerprint density at radius 1 is 1.43 bits per heavy atom. The van der Waals surface area contributed by atoms with Crippen molar-refractivity contribution in [2.45, 2.75) is 19.3 Å². The Balaban J connectivity index is 3.29. The van der Waals surface area contributed by atoms with E-state index in [1.807, 2.05) is 26.0 Å². The molecule has 1 nitrogen and oxygen atoms in total.